The van der Waals surface area contributed by atoms with Gasteiger partial charge in [-0.05, 0) is 25.2 Å². The minimum atomic E-state index is -4.33. The first-order valence-electron chi connectivity index (χ1n) is 22.0. The van der Waals surface area contributed by atoms with Crippen LogP contribution in [0.2, 0.25) is 0 Å². The average molecular weight is 760 g/mol. The van der Waals surface area contributed by atoms with Gasteiger partial charge in [-0.1, -0.05) is 187 Å². The smallest absolute Gasteiger partial charge is 0.387 e. The van der Waals surface area contributed by atoms with Crippen molar-refractivity contribution in [1.29, 1.82) is 0 Å². The largest absolute Gasteiger partial charge is 0.472 e. The van der Waals surface area contributed by atoms with Crippen molar-refractivity contribution in [3.63, 3.8) is 0 Å². The van der Waals surface area contributed by atoms with E-state index in [1.54, 1.807) is 6.08 Å². The zero-order chi connectivity index (χ0) is 38.8. The van der Waals surface area contributed by atoms with Gasteiger partial charge in [0.1, 0.15) is 13.2 Å². The molecular formula is C43H88N2O6P+. The maximum absolute atomic E-state index is 12.8. The van der Waals surface area contributed by atoms with Crippen molar-refractivity contribution in [2.45, 2.75) is 213 Å². The Morgan fingerprint density at radius 1 is 0.712 bits per heavy atom. The summed E-state index contributed by atoms with van der Waals surface area (Å²) in [6.45, 7) is 7.15. The van der Waals surface area contributed by atoms with Gasteiger partial charge in [-0.15, -0.1) is 0 Å². The van der Waals surface area contributed by atoms with Crippen LogP contribution in [-0.4, -0.2) is 73.4 Å². The van der Waals surface area contributed by atoms with Crippen LogP contribution in [-0.2, 0) is 18.4 Å². The van der Waals surface area contributed by atoms with Gasteiger partial charge in [0.15, 0.2) is 0 Å². The van der Waals surface area contributed by atoms with Crippen LogP contribution in [0.1, 0.15) is 201 Å². The van der Waals surface area contributed by atoms with Gasteiger partial charge >= 0.3 is 7.82 Å². The fourth-order valence-corrected chi connectivity index (χ4v) is 7.11. The van der Waals surface area contributed by atoms with Crippen LogP contribution in [0.5, 0.6) is 0 Å². The van der Waals surface area contributed by atoms with Crippen LogP contribution in [0.4, 0.5) is 0 Å². The summed E-state index contributed by atoms with van der Waals surface area (Å²) in [5.74, 6) is 0.651. The number of aliphatic hydroxyl groups excluding tert-OH is 1. The van der Waals surface area contributed by atoms with Gasteiger partial charge in [0, 0.05) is 6.42 Å². The molecule has 0 saturated heterocycles. The second-order valence-corrected chi connectivity index (χ2v) is 18.1. The number of phosphoric ester groups is 1. The fourth-order valence-electron chi connectivity index (χ4n) is 6.37. The summed E-state index contributed by atoms with van der Waals surface area (Å²) in [6, 6.07) is -0.840. The number of nitrogens with one attached hydrogen (secondary N) is 1. The number of nitrogens with zero attached hydrogens (tertiary/aromatic N) is 1. The molecule has 0 radical (unpaired) electrons. The highest BCUT2D eigenvalue weighted by Gasteiger charge is 2.27. The molecule has 0 aliphatic rings. The zero-order valence-corrected chi connectivity index (χ0v) is 36.1. The molecule has 9 heteroatoms. The third kappa shape index (κ3) is 36.2. The van der Waals surface area contributed by atoms with Gasteiger partial charge in [-0.25, -0.2) is 4.57 Å². The molecule has 4 atom stereocenters. The molecule has 0 bridgehead atoms. The number of unbranched alkanes of at least 4 members (excludes halogenated alkanes) is 23. The molecule has 3 N–H and O–H groups in total. The van der Waals surface area contributed by atoms with Gasteiger partial charge in [0.2, 0.25) is 5.91 Å². The van der Waals surface area contributed by atoms with E-state index in [1.807, 2.05) is 27.2 Å². The lowest BCUT2D eigenvalue weighted by Gasteiger charge is -2.25. The number of rotatable bonds is 39. The van der Waals surface area contributed by atoms with Gasteiger partial charge < -0.3 is 19.8 Å². The first-order chi connectivity index (χ1) is 24.9. The van der Waals surface area contributed by atoms with Crippen LogP contribution in [0.15, 0.2) is 12.2 Å². The van der Waals surface area contributed by atoms with Gasteiger partial charge in [-0.2, -0.15) is 0 Å². The van der Waals surface area contributed by atoms with E-state index in [-0.39, 0.29) is 19.1 Å². The number of amides is 1. The number of carbonyl (C=O) groups excluding carboxylic acids is 1. The first-order valence-corrected chi connectivity index (χ1v) is 23.5. The standard InChI is InChI=1S/C43H87N2O6P/c1-7-9-10-11-12-13-14-15-16-17-18-19-20-21-22-27-30-33-36-43(47)44-41(39-51-52(48,49)50-38-37-45(4,5)6)42(46)35-32-29-26-24-23-25-28-31-34-40(3)8-2/h32,35,40-42,46H,7-31,33-34,36-39H2,1-6H3,(H-,44,47,48,49)/p+1/b35-32+/t40?,41-,42+/m0/s1. The summed E-state index contributed by atoms with van der Waals surface area (Å²) in [5, 5.41) is 13.8. The van der Waals surface area contributed by atoms with Crippen molar-refractivity contribution in [3.05, 3.63) is 12.2 Å². The molecule has 52 heavy (non-hydrogen) atoms. The molecule has 8 nitrogen and oxygen atoms in total. The SMILES string of the molecule is CCCCCCCCCCCCCCCCCCCCC(=O)N[C@@H](COP(=O)(O)OCC[N+](C)(C)C)[C@H](O)/C=C/CCCCCCCCC(C)CC. The Morgan fingerprint density at radius 2 is 1.17 bits per heavy atom. The minimum Gasteiger partial charge on any atom is -0.387 e. The van der Waals surface area contributed by atoms with E-state index in [9.17, 15) is 19.4 Å². The number of hydrogen-bond donors (Lipinski definition) is 3. The molecule has 0 aliphatic heterocycles. The number of allylic oxidation sites excluding steroid dienone is 1. The molecule has 0 saturated carbocycles. The molecule has 1 amide bonds. The molecule has 0 aliphatic carbocycles. The molecule has 0 aromatic rings. The Balaban J connectivity index is 4.37. The molecular weight excluding hydrogens is 671 g/mol. The summed E-state index contributed by atoms with van der Waals surface area (Å²) in [7, 11) is 1.58. The summed E-state index contributed by atoms with van der Waals surface area (Å²) >= 11 is 0. The predicted octanol–water partition coefficient (Wildman–Crippen LogP) is 11.8. The number of quaternary nitrogens is 1. The van der Waals surface area contributed by atoms with E-state index in [0.29, 0.717) is 17.4 Å². The molecule has 2 unspecified atom stereocenters. The molecule has 0 aromatic heterocycles. The number of carbonyl (C=O) groups is 1. The van der Waals surface area contributed by atoms with Gasteiger partial charge in [0.05, 0.1) is 39.9 Å². The summed E-state index contributed by atoms with van der Waals surface area (Å²) in [6.07, 6.45) is 37.0. The number of likely N-dealkylation sites (N-methyl/N-ethyl adjacent to an activating group) is 1. The second kappa shape index (κ2) is 34.7. The quantitative estimate of drug-likeness (QED) is 0.0249. The van der Waals surface area contributed by atoms with Crippen LogP contribution in [0, 0.1) is 5.92 Å². The predicted molar refractivity (Wildman–Crippen MR) is 221 cm³/mol. The fraction of sp³-hybridized carbons (Fsp3) is 0.930. The van der Waals surface area contributed by atoms with Crippen LogP contribution < -0.4 is 5.32 Å². The maximum atomic E-state index is 12.8. The highest BCUT2D eigenvalue weighted by molar-refractivity contribution is 7.47. The highest BCUT2D eigenvalue weighted by atomic mass is 31.2. The molecule has 0 rings (SSSR count). The van der Waals surface area contributed by atoms with Crippen LogP contribution in [0.25, 0.3) is 0 Å². The second-order valence-electron chi connectivity index (χ2n) is 16.7. The number of hydrogen-bond acceptors (Lipinski definition) is 5. The molecule has 0 fully saturated rings. The van der Waals surface area contributed by atoms with E-state index in [0.717, 1.165) is 44.4 Å². The lowest BCUT2D eigenvalue weighted by atomic mass is 10.00. The van der Waals surface area contributed by atoms with E-state index in [2.05, 4.69) is 26.1 Å². The van der Waals surface area contributed by atoms with Gasteiger partial charge in [0.25, 0.3) is 0 Å². The van der Waals surface area contributed by atoms with Crippen molar-refractivity contribution in [2.24, 2.45) is 5.92 Å². The molecule has 0 heterocycles. The Kier molecular flexibility index (Phi) is 34.2. The minimum absolute atomic E-state index is 0.0635. The first kappa shape index (κ1) is 51.2. The van der Waals surface area contributed by atoms with Crippen molar-refractivity contribution < 1.29 is 32.9 Å². The zero-order valence-electron chi connectivity index (χ0n) is 35.2. The normalized spacial score (nSPS) is 15.2. The number of phosphoric acid groups is 1. The molecule has 0 spiro atoms. The van der Waals surface area contributed by atoms with Crippen molar-refractivity contribution >= 4 is 13.7 Å². The Morgan fingerprint density at radius 3 is 1.65 bits per heavy atom. The van der Waals surface area contributed by atoms with Crippen LogP contribution >= 0.6 is 7.82 Å². The third-order valence-corrected chi connectivity index (χ3v) is 11.3. The van der Waals surface area contributed by atoms with Crippen molar-refractivity contribution in [2.75, 3.05) is 40.9 Å². The summed E-state index contributed by atoms with van der Waals surface area (Å²) in [5.41, 5.74) is 0. The van der Waals surface area contributed by atoms with E-state index in [4.69, 9.17) is 9.05 Å². The Hall–Kier alpha value is -0.760. The third-order valence-electron chi connectivity index (χ3n) is 10.3. The Labute approximate surface area is 322 Å². The number of aliphatic hydroxyl groups is 1. The van der Waals surface area contributed by atoms with Crippen molar-refractivity contribution in [3.8, 4) is 0 Å². The Bertz CT molecular complexity index is 880. The van der Waals surface area contributed by atoms with Gasteiger partial charge in [-0.3, -0.25) is 13.8 Å². The topological polar surface area (TPSA) is 105 Å². The molecule has 310 valence electrons. The summed E-state index contributed by atoms with van der Waals surface area (Å²) < 4.78 is 23.5. The maximum Gasteiger partial charge on any atom is 0.472 e. The van der Waals surface area contributed by atoms with Crippen LogP contribution in [0.3, 0.4) is 0 Å². The monoisotopic (exact) mass is 760 g/mol. The van der Waals surface area contributed by atoms with E-state index < -0.39 is 20.0 Å². The van der Waals surface area contributed by atoms with Crippen molar-refractivity contribution in [1.82, 2.24) is 5.32 Å². The van der Waals surface area contributed by atoms with E-state index in [1.165, 1.54) is 135 Å². The summed E-state index contributed by atoms with van der Waals surface area (Å²) in [4.78, 5) is 23.1. The lowest BCUT2D eigenvalue weighted by molar-refractivity contribution is -0.870. The molecule has 0 aromatic carbocycles. The lowest BCUT2D eigenvalue weighted by Crippen LogP contribution is -2.45. The van der Waals surface area contributed by atoms with E-state index >= 15 is 0 Å². The average Bonchev–Trinajstić information content (AvgIpc) is 3.09. The highest BCUT2D eigenvalue weighted by Crippen LogP contribution is 2.43.